The van der Waals surface area contributed by atoms with E-state index in [4.69, 9.17) is 4.74 Å². The van der Waals surface area contributed by atoms with Gasteiger partial charge in [-0.05, 0) is 57.3 Å². The first kappa shape index (κ1) is 12.0. The molecule has 14 heavy (non-hydrogen) atoms. The van der Waals surface area contributed by atoms with Crippen LogP contribution in [0.4, 0.5) is 0 Å². The number of benzene rings is 1. The Hall–Kier alpha value is -0.0500. The molecule has 0 aromatic heterocycles. The van der Waals surface area contributed by atoms with Gasteiger partial charge in [0.15, 0.2) is 11.5 Å². The van der Waals surface area contributed by atoms with E-state index in [9.17, 15) is 9.90 Å². The quantitative estimate of drug-likeness (QED) is 0.457. The Balaban J connectivity index is 3.02. The van der Waals surface area contributed by atoms with Gasteiger partial charge in [0.25, 0.3) is 0 Å². The summed E-state index contributed by atoms with van der Waals surface area (Å²) in [7, 11) is 0. The molecule has 0 spiro atoms. The third-order valence-electron chi connectivity index (χ3n) is 1.51. The monoisotopic (exact) mass is 418 g/mol. The lowest BCUT2D eigenvalue weighted by Gasteiger charge is -2.07. The third kappa shape index (κ3) is 2.97. The highest BCUT2D eigenvalue weighted by Gasteiger charge is 2.11. The van der Waals surface area contributed by atoms with Crippen molar-refractivity contribution in [2.45, 2.75) is 13.3 Å². The van der Waals surface area contributed by atoms with Crippen molar-refractivity contribution >= 4 is 51.2 Å². The Kier molecular flexibility index (Phi) is 4.42. The summed E-state index contributed by atoms with van der Waals surface area (Å²) in [6.07, 6.45) is 0.293. The Morgan fingerprint density at radius 2 is 2.14 bits per heavy atom. The SMILES string of the molecule is CCC(=O)Oc1cc(I)cc(I)c1O. The Bertz CT molecular complexity index is 363. The van der Waals surface area contributed by atoms with E-state index in [2.05, 4.69) is 22.6 Å². The number of phenols is 1. The summed E-state index contributed by atoms with van der Waals surface area (Å²) < 4.78 is 6.55. The van der Waals surface area contributed by atoms with E-state index >= 15 is 0 Å². The first-order valence-corrected chi connectivity index (χ1v) is 6.09. The minimum absolute atomic E-state index is 0.0211. The molecule has 0 bridgehead atoms. The molecule has 1 aromatic rings. The summed E-state index contributed by atoms with van der Waals surface area (Å²) in [4.78, 5) is 11.0. The van der Waals surface area contributed by atoms with E-state index in [1.807, 2.05) is 22.6 Å². The lowest BCUT2D eigenvalue weighted by Crippen LogP contribution is -2.06. The second kappa shape index (κ2) is 5.15. The number of hydrogen-bond donors (Lipinski definition) is 1. The smallest absolute Gasteiger partial charge is 0.311 e. The van der Waals surface area contributed by atoms with Crippen LogP contribution in [0.25, 0.3) is 0 Å². The highest BCUT2D eigenvalue weighted by molar-refractivity contribution is 14.1. The Morgan fingerprint density at radius 1 is 1.50 bits per heavy atom. The van der Waals surface area contributed by atoms with Gasteiger partial charge in [0.05, 0.1) is 3.57 Å². The number of rotatable bonds is 2. The molecule has 0 aliphatic rings. The molecular weight excluding hydrogens is 410 g/mol. The maximum Gasteiger partial charge on any atom is 0.311 e. The second-order valence-electron chi connectivity index (χ2n) is 2.56. The maximum atomic E-state index is 11.0. The number of halogens is 2. The molecule has 0 fully saturated rings. The van der Waals surface area contributed by atoms with Crippen molar-refractivity contribution in [1.82, 2.24) is 0 Å². The van der Waals surface area contributed by atoms with E-state index in [-0.39, 0.29) is 17.5 Å². The molecule has 3 nitrogen and oxygen atoms in total. The fourth-order valence-corrected chi connectivity index (χ4v) is 2.61. The largest absolute Gasteiger partial charge is 0.504 e. The van der Waals surface area contributed by atoms with Gasteiger partial charge in [0.2, 0.25) is 0 Å². The Labute approximate surface area is 109 Å². The van der Waals surface area contributed by atoms with Crippen LogP contribution in [0.1, 0.15) is 13.3 Å². The van der Waals surface area contributed by atoms with Crippen LogP contribution in [0, 0.1) is 7.14 Å². The van der Waals surface area contributed by atoms with Gasteiger partial charge >= 0.3 is 5.97 Å². The number of phenolic OH excluding ortho intramolecular Hbond substituents is 1. The molecule has 0 atom stereocenters. The molecule has 1 N–H and O–H groups in total. The highest BCUT2D eigenvalue weighted by atomic mass is 127. The maximum absolute atomic E-state index is 11.0. The van der Waals surface area contributed by atoms with Crippen molar-refractivity contribution in [2.24, 2.45) is 0 Å². The van der Waals surface area contributed by atoms with E-state index in [0.29, 0.717) is 9.99 Å². The first-order valence-electron chi connectivity index (χ1n) is 3.93. The summed E-state index contributed by atoms with van der Waals surface area (Å²) in [6.45, 7) is 1.71. The van der Waals surface area contributed by atoms with Crippen LogP contribution in [0.2, 0.25) is 0 Å². The van der Waals surface area contributed by atoms with Gasteiger partial charge < -0.3 is 9.84 Å². The minimum Gasteiger partial charge on any atom is -0.504 e. The molecule has 0 heterocycles. The summed E-state index contributed by atoms with van der Waals surface area (Å²) in [5.41, 5.74) is 0. The summed E-state index contributed by atoms with van der Waals surface area (Å²) in [5, 5.41) is 9.58. The first-order chi connectivity index (χ1) is 6.54. The van der Waals surface area contributed by atoms with E-state index < -0.39 is 0 Å². The average molecular weight is 418 g/mol. The zero-order valence-electron chi connectivity index (χ0n) is 7.38. The minimum atomic E-state index is -0.349. The number of carbonyl (C=O) groups is 1. The fraction of sp³-hybridized carbons (Fsp3) is 0.222. The molecule has 0 saturated carbocycles. The summed E-state index contributed by atoms with van der Waals surface area (Å²) in [6, 6.07) is 3.44. The van der Waals surface area contributed by atoms with Crippen molar-refractivity contribution < 1.29 is 14.6 Å². The van der Waals surface area contributed by atoms with Crippen LogP contribution in [0.5, 0.6) is 11.5 Å². The summed E-state index contributed by atoms with van der Waals surface area (Å²) >= 11 is 4.09. The van der Waals surface area contributed by atoms with Crippen molar-refractivity contribution in [3.05, 3.63) is 19.3 Å². The van der Waals surface area contributed by atoms with Gasteiger partial charge in [0.1, 0.15) is 0 Å². The zero-order valence-corrected chi connectivity index (χ0v) is 11.7. The van der Waals surface area contributed by atoms with Crippen LogP contribution in [0.15, 0.2) is 12.1 Å². The van der Waals surface area contributed by atoms with Crippen molar-refractivity contribution in [3.63, 3.8) is 0 Å². The van der Waals surface area contributed by atoms with E-state index in [0.717, 1.165) is 3.57 Å². The standard InChI is InChI=1S/C9H8I2O3/c1-2-8(12)14-7-4-5(10)3-6(11)9(7)13/h3-4,13H,2H2,1H3. The van der Waals surface area contributed by atoms with Gasteiger partial charge in [-0.2, -0.15) is 0 Å². The van der Waals surface area contributed by atoms with Gasteiger partial charge in [-0.1, -0.05) is 6.92 Å². The normalized spacial score (nSPS) is 9.93. The van der Waals surface area contributed by atoms with E-state index in [1.165, 1.54) is 0 Å². The lowest BCUT2D eigenvalue weighted by molar-refractivity contribution is -0.134. The molecule has 0 unspecified atom stereocenters. The molecule has 5 heteroatoms. The van der Waals surface area contributed by atoms with Crippen LogP contribution < -0.4 is 4.74 Å². The number of carbonyl (C=O) groups excluding carboxylic acids is 1. The molecular formula is C9H8I2O3. The summed E-state index contributed by atoms with van der Waals surface area (Å²) in [5.74, 6) is -0.0981. The predicted molar refractivity (Wildman–Crippen MR) is 69.5 cm³/mol. The Morgan fingerprint density at radius 3 is 2.71 bits per heavy atom. The average Bonchev–Trinajstić information content (AvgIpc) is 2.13. The molecule has 1 aromatic carbocycles. The number of ether oxygens (including phenoxy) is 1. The van der Waals surface area contributed by atoms with Crippen molar-refractivity contribution in [1.29, 1.82) is 0 Å². The van der Waals surface area contributed by atoms with Gasteiger partial charge in [-0.15, -0.1) is 0 Å². The van der Waals surface area contributed by atoms with Crippen LogP contribution in [-0.2, 0) is 4.79 Å². The molecule has 0 amide bonds. The molecule has 0 aliphatic heterocycles. The highest BCUT2D eigenvalue weighted by Crippen LogP contribution is 2.33. The van der Waals surface area contributed by atoms with Crippen LogP contribution in [-0.4, -0.2) is 11.1 Å². The molecule has 76 valence electrons. The molecule has 0 radical (unpaired) electrons. The predicted octanol–water partition coefficient (Wildman–Crippen LogP) is 2.92. The van der Waals surface area contributed by atoms with Crippen molar-refractivity contribution in [3.8, 4) is 11.5 Å². The van der Waals surface area contributed by atoms with Gasteiger partial charge in [0, 0.05) is 9.99 Å². The van der Waals surface area contributed by atoms with E-state index in [1.54, 1.807) is 19.1 Å². The van der Waals surface area contributed by atoms with Crippen molar-refractivity contribution in [2.75, 3.05) is 0 Å². The number of esters is 1. The lowest BCUT2D eigenvalue weighted by atomic mass is 10.3. The second-order valence-corrected chi connectivity index (χ2v) is 4.97. The van der Waals surface area contributed by atoms with Crippen LogP contribution >= 0.6 is 45.2 Å². The van der Waals surface area contributed by atoms with Gasteiger partial charge in [-0.25, -0.2) is 0 Å². The zero-order chi connectivity index (χ0) is 10.7. The molecule has 1 rings (SSSR count). The number of hydrogen-bond acceptors (Lipinski definition) is 3. The third-order valence-corrected chi connectivity index (χ3v) is 2.95. The molecule has 0 saturated heterocycles. The van der Waals surface area contributed by atoms with Gasteiger partial charge in [-0.3, -0.25) is 4.79 Å². The topological polar surface area (TPSA) is 46.5 Å². The fourth-order valence-electron chi connectivity index (χ4n) is 0.815. The molecule has 0 aliphatic carbocycles. The van der Waals surface area contributed by atoms with Crippen LogP contribution in [0.3, 0.4) is 0 Å². The number of aromatic hydroxyl groups is 1.